The summed E-state index contributed by atoms with van der Waals surface area (Å²) in [6, 6.07) is 11.0. The van der Waals surface area contributed by atoms with Crippen LogP contribution in [0.15, 0.2) is 48.8 Å². The number of fused-ring (bicyclic) bond motifs is 1. The maximum atomic E-state index is 12.5. The maximum Gasteiger partial charge on any atom is 0.357 e. The number of nitrogens with one attached hydrogen (secondary N) is 2. The number of rotatable bonds is 5. The average Bonchev–Trinajstić information content (AvgIpc) is 3.00. The van der Waals surface area contributed by atoms with Crippen LogP contribution in [0.2, 0.25) is 0 Å². The number of methoxy groups -OCH3 is 1. The van der Waals surface area contributed by atoms with Crippen molar-refractivity contribution in [1.82, 2.24) is 9.97 Å². The van der Waals surface area contributed by atoms with E-state index in [2.05, 4.69) is 20.0 Å². The van der Waals surface area contributed by atoms with Gasteiger partial charge in [-0.05, 0) is 25.1 Å². The summed E-state index contributed by atoms with van der Waals surface area (Å²) in [7, 11) is 1.24. The summed E-state index contributed by atoms with van der Waals surface area (Å²) in [5.74, 6) is -1.27. The molecule has 2 aromatic heterocycles. The van der Waals surface area contributed by atoms with E-state index in [0.717, 1.165) is 16.6 Å². The van der Waals surface area contributed by atoms with Gasteiger partial charge in [-0.15, -0.1) is 0 Å². The van der Waals surface area contributed by atoms with Gasteiger partial charge in [-0.25, -0.2) is 9.59 Å². The number of hydrogen-bond donors (Lipinski definition) is 2. The lowest BCUT2D eigenvalue weighted by atomic mass is 10.2. The quantitative estimate of drug-likeness (QED) is 0.694. The van der Waals surface area contributed by atoms with Crippen molar-refractivity contribution in [3.05, 3.63) is 54.5 Å². The maximum absolute atomic E-state index is 12.5. The van der Waals surface area contributed by atoms with Crippen molar-refractivity contribution in [2.75, 3.05) is 12.4 Å². The number of nitrogens with zero attached hydrogens (tertiary/aromatic N) is 1. The molecule has 1 aromatic carbocycles. The van der Waals surface area contributed by atoms with Gasteiger partial charge in [0, 0.05) is 29.0 Å². The molecule has 0 radical (unpaired) electrons. The number of anilines is 2. The van der Waals surface area contributed by atoms with Gasteiger partial charge in [0.2, 0.25) is 0 Å². The van der Waals surface area contributed by atoms with Crippen molar-refractivity contribution in [3.63, 3.8) is 0 Å². The summed E-state index contributed by atoms with van der Waals surface area (Å²) in [5.41, 5.74) is 2.35. The molecule has 25 heavy (non-hydrogen) atoms. The molecule has 2 heterocycles. The fourth-order valence-corrected chi connectivity index (χ4v) is 2.44. The normalized spacial score (nSPS) is 11.8. The van der Waals surface area contributed by atoms with Crippen LogP contribution in [0.25, 0.3) is 10.9 Å². The zero-order valence-electron chi connectivity index (χ0n) is 13.8. The number of ether oxygens (including phenoxy) is 2. The number of carbonyl (C=O) groups excluding carboxylic acids is 2. The van der Waals surface area contributed by atoms with E-state index in [0.29, 0.717) is 5.69 Å². The zero-order chi connectivity index (χ0) is 17.8. The van der Waals surface area contributed by atoms with E-state index in [9.17, 15) is 9.59 Å². The molecule has 3 rings (SSSR count). The van der Waals surface area contributed by atoms with E-state index < -0.39 is 18.0 Å². The highest BCUT2D eigenvalue weighted by Gasteiger charge is 2.24. The fourth-order valence-electron chi connectivity index (χ4n) is 2.44. The van der Waals surface area contributed by atoms with Crippen LogP contribution in [-0.2, 0) is 14.3 Å². The van der Waals surface area contributed by atoms with Crippen LogP contribution in [0.5, 0.6) is 0 Å². The number of para-hydroxylation sites is 1. The summed E-state index contributed by atoms with van der Waals surface area (Å²) >= 11 is 0. The van der Waals surface area contributed by atoms with Crippen LogP contribution in [0.1, 0.15) is 17.4 Å². The highest BCUT2D eigenvalue weighted by atomic mass is 16.6. The van der Waals surface area contributed by atoms with Crippen LogP contribution in [0.3, 0.4) is 0 Å². The SMILES string of the molecule is COC(=O)C(C)OC(=O)c1[nH]c2ccccc2c1Nc1ccncc1. The Morgan fingerprint density at radius 2 is 1.88 bits per heavy atom. The molecule has 0 bridgehead atoms. The predicted molar refractivity (Wildman–Crippen MR) is 92.7 cm³/mol. The van der Waals surface area contributed by atoms with E-state index in [1.807, 2.05) is 24.3 Å². The van der Waals surface area contributed by atoms with Crippen molar-refractivity contribution in [3.8, 4) is 0 Å². The Morgan fingerprint density at radius 3 is 2.60 bits per heavy atom. The van der Waals surface area contributed by atoms with Gasteiger partial charge in [-0.2, -0.15) is 0 Å². The minimum atomic E-state index is -1.00. The Hall–Kier alpha value is -3.35. The molecule has 0 fully saturated rings. The zero-order valence-corrected chi connectivity index (χ0v) is 13.8. The summed E-state index contributed by atoms with van der Waals surface area (Å²) in [6.45, 7) is 1.46. The standard InChI is InChI=1S/C18H17N3O4/c1-11(17(22)24-2)25-18(23)16-15(20-12-7-9-19-10-8-12)13-5-3-4-6-14(13)21-16/h3-11,21H,1-2H3,(H,19,20). The smallest absolute Gasteiger partial charge is 0.357 e. The van der Waals surface area contributed by atoms with Crippen LogP contribution < -0.4 is 5.32 Å². The van der Waals surface area contributed by atoms with Gasteiger partial charge in [-0.1, -0.05) is 18.2 Å². The number of benzene rings is 1. The number of H-pyrrole nitrogens is 1. The van der Waals surface area contributed by atoms with Gasteiger partial charge in [-0.3, -0.25) is 4.98 Å². The van der Waals surface area contributed by atoms with Crippen molar-refractivity contribution < 1.29 is 19.1 Å². The Balaban J connectivity index is 1.98. The fraction of sp³-hybridized carbons (Fsp3) is 0.167. The van der Waals surface area contributed by atoms with E-state index in [-0.39, 0.29) is 5.69 Å². The molecule has 0 spiro atoms. The third-order valence-corrected chi connectivity index (χ3v) is 3.68. The lowest BCUT2D eigenvalue weighted by molar-refractivity contribution is -0.149. The second-order valence-corrected chi connectivity index (χ2v) is 5.35. The Bertz CT molecular complexity index is 905. The van der Waals surface area contributed by atoms with Gasteiger partial charge in [0.25, 0.3) is 0 Å². The minimum absolute atomic E-state index is 0.230. The number of esters is 2. The summed E-state index contributed by atoms with van der Waals surface area (Å²) in [4.78, 5) is 31.1. The molecule has 0 amide bonds. The van der Waals surface area contributed by atoms with Crippen molar-refractivity contribution in [2.45, 2.75) is 13.0 Å². The van der Waals surface area contributed by atoms with Gasteiger partial charge in [0.15, 0.2) is 6.10 Å². The van der Waals surface area contributed by atoms with Crippen molar-refractivity contribution >= 4 is 34.2 Å². The second-order valence-electron chi connectivity index (χ2n) is 5.35. The second kappa shape index (κ2) is 7.04. The molecule has 2 N–H and O–H groups in total. The van der Waals surface area contributed by atoms with E-state index in [4.69, 9.17) is 4.74 Å². The Kier molecular flexibility index (Phi) is 4.65. The number of aromatic nitrogens is 2. The van der Waals surface area contributed by atoms with E-state index >= 15 is 0 Å². The molecule has 7 nitrogen and oxygen atoms in total. The lowest BCUT2D eigenvalue weighted by Crippen LogP contribution is -2.25. The highest BCUT2D eigenvalue weighted by Crippen LogP contribution is 2.31. The van der Waals surface area contributed by atoms with Crippen LogP contribution >= 0.6 is 0 Å². The molecule has 1 unspecified atom stereocenters. The van der Waals surface area contributed by atoms with Crippen LogP contribution in [-0.4, -0.2) is 35.1 Å². The molecule has 7 heteroatoms. The number of hydrogen-bond acceptors (Lipinski definition) is 6. The largest absolute Gasteiger partial charge is 0.466 e. The van der Waals surface area contributed by atoms with Crippen molar-refractivity contribution in [1.29, 1.82) is 0 Å². The molecule has 0 aliphatic rings. The molecule has 0 aliphatic carbocycles. The van der Waals surface area contributed by atoms with Gasteiger partial charge >= 0.3 is 11.9 Å². The van der Waals surface area contributed by atoms with E-state index in [1.54, 1.807) is 24.5 Å². The molecule has 128 valence electrons. The average molecular weight is 339 g/mol. The number of aromatic amines is 1. The molecule has 0 saturated heterocycles. The van der Waals surface area contributed by atoms with E-state index in [1.165, 1.54) is 14.0 Å². The monoisotopic (exact) mass is 339 g/mol. The predicted octanol–water partition coefficient (Wildman–Crippen LogP) is 3.02. The third kappa shape index (κ3) is 3.45. The van der Waals surface area contributed by atoms with Gasteiger partial charge in [0.05, 0.1) is 12.8 Å². The highest BCUT2D eigenvalue weighted by molar-refractivity contribution is 6.07. The first-order valence-electron chi connectivity index (χ1n) is 7.66. The minimum Gasteiger partial charge on any atom is -0.466 e. The third-order valence-electron chi connectivity index (χ3n) is 3.68. The van der Waals surface area contributed by atoms with Crippen LogP contribution in [0.4, 0.5) is 11.4 Å². The molecule has 0 saturated carbocycles. The molecule has 3 aromatic rings. The van der Waals surface area contributed by atoms with Gasteiger partial charge in [0.1, 0.15) is 5.69 Å². The Morgan fingerprint density at radius 1 is 1.16 bits per heavy atom. The molecule has 1 atom stereocenters. The number of pyridine rings is 1. The van der Waals surface area contributed by atoms with Crippen LogP contribution in [0, 0.1) is 0 Å². The molecular formula is C18H17N3O4. The molecule has 0 aliphatic heterocycles. The number of carbonyl (C=O) groups is 2. The van der Waals surface area contributed by atoms with Crippen molar-refractivity contribution in [2.24, 2.45) is 0 Å². The first kappa shape index (κ1) is 16.5. The summed E-state index contributed by atoms with van der Waals surface area (Å²) in [5, 5.41) is 4.04. The topological polar surface area (TPSA) is 93.3 Å². The first-order chi connectivity index (χ1) is 12.1. The summed E-state index contributed by atoms with van der Waals surface area (Å²) in [6.07, 6.45) is 2.29. The van der Waals surface area contributed by atoms with Gasteiger partial charge < -0.3 is 19.8 Å². The Labute approximate surface area is 144 Å². The summed E-state index contributed by atoms with van der Waals surface area (Å²) < 4.78 is 9.78. The molecular weight excluding hydrogens is 322 g/mol. The lowest BCUT2D eigenvalue weighted by Gasteiger charge is -2.12. The first-order valence-corrected chi connectivity index (χ1v) is 7.66.